The Morgan fingerprint density at radius 1 is 1.00 bits per heavy atom. The van der Waals surface area contributed by atoms with E-state index in [4.69, 9.17) is 0 Å². The van der Waals surface area contributed by atoms with Crippen molar-refractivity contribution in [1.82, 2.24) is 10.2 Å². The van der Waals surface area contributed by atoms with E-state index in [1.807, 2.05) is 61.5 Å². The van der Waals surface area contributed by atoms with Crippen molar-refractivity contribution < 1.29 is 14.4 Å². The monoisotopic (exact) mass is 511 g/mol. The van der Waals surface area contributed by atoms with Gasteiger partial charge in [0.25, 0.3) is 5.91 Å². The minimum Gasteiger partial charge on any atom is -0.352 e. The average molecular weight is 512 g/mol. The SMILES string of the molecule is CC[C@H](C(=O)NC1CCCC1)N(CCc1ccccc1)C(=O)CCCN1C(=O)c2cccc3cccc1c23. The number of amides is 3. The molecule has 3 aromatic rings. The Kier molecular flexibility index (Phi) is 8.06. The molecule has 0 bridgehead atoms. The second-order valence-electron chi connectivity index (χ2n) is 10.5. The van der Waals surface area contributed by atoms with Crippen molar-refractivity contribution in [3.05, 3.63) is 77.9 Å². The van der Waals surface area contributed by atoms with Crippen LogP contribution in [0.15, 0.2) is 66.7 Å². The van der Waals surface area contributed by atoms with Gasteiger partial charge in [0.15, 0.2) is 0 Å². The third-order valence-corrected chi connectivity index (χ3v) is 7.99. The molecule has 6 nitrogen and oxygen atoms in total. The second-order valence-corrected chi connectivity index (χ2v) is 10.5. The minimum absolute atomic E-state index is 0.00689. The highest BCUT2D eigenvalue weighted by molar-refractivity contribution is 6.25. The predicted molar refractivity (Wildman–Crippen MR) is 151 cm³/mol. The van der Waals surface area contributed by atoms with E-state index < -0.39 is 6.04 Å². The number of carbonyl (C=O) groups is 3. The third kappa shape index (κ3) is 5.45. The number of nitrogens with zero attached hydrogens (tertiary/aromatic N) is 2. The van der Waals surface area contributed by atoms with Crippen molar-refractivity contribution >= 4 is 34.2 Å². The molecule has 0 spiro atoms. The molecule has 1 saturated carbocycles. The Balaban J connectivity index is 1.26. The molecule has 6 heteroatoms. The maximum Gasteiger partial charge on any atom is 0.258 e. The fraction of sp³-hybridized carbons (Fsp3) is 0.406. The van der Waals surface area contributed by atoms with Crippen LogP contribution in [-0.4, -0.2) is 47.8 Å². The fourth-order valence-corrected chi connectivity index (χ4v) is 6.00. The number of carbonyl (C=O) groups excluding carboxylic acids is 3. The first-order valence-electron chi connectivity index (χ1n) is 14.0. The smallest absolute Gasteiger partial charge is 0.258 e. The van der Waals surface area contributed by atoms with Gasteiger partial charge in [0.2, 0.25) is 11.8 Å². The Bertz CT molecular complexity index is 1290. The molecule has 2 aliphatic rings. The summed E-state index contributed by atoms with van der Waals surface area (Å²) in [7, 11) is 0. The van der Waals surface area contributed by atoms with Crippen LogP contribution in [-0.2, 0) is 16.0 Å². The van der Waals surface area contributed by atoms with Crippen LogP contribution in [0.25, 0.3) is 10.8 Å². The Labute approximate surface area is 225 Å². The standard InChI is InChI=1S/C32H37N3O3/c1-2-27(31(37)33-25-15-6-7-16-25)34(22-20-23-11-4-3-5-12-23)29(36)19-10-21-35-28-18-9-14-24-13-8-17-26(30(24)28)32(35)38/h3-5,8-9,11-14,17-18,25,27H,2,6-7,10,15-16,19-22H2,1H3,(H,33,37)/t27-/m1/s1. The number of benzene rings is 3. The van der Waals surface area contributed by atoms with E-state index in [9.17, 15) is 14.4 Å². The molecule has 198 valence electrons. The number of rotatable bonds is 11. The highest BCUT2D eigenvalue weighted by Crippen LogP contribution is 2.37. The zero-order valence-corrected chi connectivity index (χ0v) is 22.2. The van der Waals surface area contributed by atoms with Crippen LogP contribution in [0.1, 0.15) is 67.8 Å². The van der Waals surface area contributed by atoms with Crippen molar-refractivity contribution in [2.75, 3.05) is 18.0 Å². The molecule has 3 amide bonds. The zero-order valence-electron chi connectivity index (χ0n) is 22.2. The average Bonchev–Trinajstić information content (AvgIpc) is 3.55. The molecule has 1 aliphatic heterocycles. The summed E-state index contributed by atoms with van der Waals surface area (Å²) in [5, 5.41) is 5.25. The quantitative estimate of drug-likeness (QED) is 0.370. The molecule has 38 heavy (non-hydrogen) atoms. The number of nitrogens with one attached hydrogen (secondary N) is 1. The molecule has 1 aliphatic carbocycles. The van der Waals surface area contributed by atoms with Crippen LogP contribution < -0.4 is 10.2 Å². The molecule has 1 N–H and O–H groups in total. The van der Waals surface area contributed by atoms with Crippen LogP contribution >= 0.6 is 0 Å². The van der Waals surface area contributed by atoms with Crippen molar-refractivity contribution in [1.29, 1.82) is 0 Å². The van der Waals surface area contributed by atoms with Crippen molar-refractivity contribution in [3.8, 4) is 0 Å². The van der Waals surface area contributed by atoms with E-state index in [0.717, 1.165) is 53.3 Å². The molecular formula is C32H37N3O3. The van der Waals surface area contributed by atoms with E-state index in [1.165, 1.54) is 0 Å². The van der Waals surface area contributed by atoms with Gasteiger partial charge in [0.1, 0.15) is 6.04 Å². The molecule has 3 aromatic carbocycles. The van der Waals surface area contributed by atoms with Crippen molar-refractivity contribution in [2.45, 2.75) is 70.4 Å². The zero-order chi connectivity index (χ0) is 26.5. The van der Waals surface area contributed by atoms with Gasteiger partial charge in [-0.3, -0.25) is 14.4 Å². The summed E-state index contributed by atoms with van der Waals surface area (Å²) in [6, 6.07) is 21.6. The van der Waals surface area contributed by atoms with Gasteiger partial charge in [-0.05, 0) is 55.2 Å². The summed E-state index contributed by atoms with van der Waals surface area (Å²) in [6.45, 7) is 2.94. The van der Waals surface area contributed by atoms with Gasteiger partial charge in [-0.1, -0.05) is 74.4 Å². The topological polar surface area (TPSA) is 69.7 Å². The molecule has 5 rings (SSSR count). The van der Waals surface area contributed by atoms with Gasteiger partial charge >= 0.3 is 0 Å². The van der Waals surface area contributed by atoms with Crippen LogP contribution in [0.5, 0.6) is 0 Å². The fourth-order valence-electron chi connectivity index (χ4n) is 6.00. The van der Waals surface area contributed by atoms with E-state index in [1.54, 1.807) is 9.80 Å². The van der Waals surface area contributed by atoms with Gasteiger partial charge in [0.05, 0.1) is 5.69 Å². The molecule has 0 aromatic heterocycles. The molecule has 1 fully saturated rings. The van der Waals surface area contributed by atoms with Crippen LogP contribution in [0.2, 0.25) is 0 Å². The van der Waals surface area contributed by atoms with Gasteiger partial charge < -0.3 is 15.1 Å². The Morgan fingerprint density at radius 3 is 2.47 bits per heavy atom. The molecule has 1 atom stereocenters. The molecule has 0 saturated heterocycles. The van der Waals surface area contributed by atoms with Crippen LogP contribution in [0.4, 0.5) is 5.69 Å². The molecule has 0 unspecified atom stereocenters. The van der Waals surface area contributed by atoms with E-state index in [-0.39, 0.29) is 30.2 Å². The summed E-state index contributed by atoms with van der Waals surface area (Å²) < 4.78 is 0. The summed E-state index contributed by atoms with van der Waals surface area (Å²) >= 11 is 0. The first kappa shape index (κ1) is 26.0. The largest absolute Gasteiger partial charge is 0.352 e. The summed E-state index contributed by atoms with van der Waals surface area (Å²) in [4.78, 5) is 43.6. The lowest BCUT2D eigenvalue weighted by molar-refractivity contribution is -0.141. The minimum atomic E-state index is -0.488. The molecule has 1 heterocycles. The van der Waals surface area contributed by atoms with Gasteiger partial charge in [-0.15, -0.1) is 0 Å². The van der Waals surface area contributed by atoms with E-state index in [0.29, 0.717) is 32.4 Å². The Morgan fingerprint density at radius 2 is 1.74 bits per heavy atom. The first-order chi connectivity index (χ1) is 18.6. The number of hydrogen-bond donors (Lipinski definition) is 1. The normalized spacial score (nSPS) is 15.7. The van der Waals surface area contributed by atoms with Crippen LogP contribution in [0, 0.1) is 0 Å². The third-order valence-electron chi connectivity index (χ3n) is 7.99. The summed E-state index contributed by atoms with van der Waals surface area (Å²) in [5.41, 5.74) is 2.78. The summed E-state index contributed by atoms with van der Waals surface area (Å²) in [6.07, 6.45) is 6.41. The predicted octanol–water partition coefficient (Wildman–Crippen LogP) is 5.49. The summed E-state index contributed by atoms with van der Waals surface area (Å²) in [5.74, 6) is -0.0815. The van der Waals surface area contributed by atoms with Gasteiger partial charge in [0, 0.05) is 36.5 Å². The first-order valence-corrected chi connectivity index (χ1v) is 14.0. The van der Waals surface area contributed by atoms with E-state index >= 15 is 0 Å². The lowest BCUT2D eigenvalue weighted by atomic mass is 10.1. The van der Waals surface area contributed by atoms with Crippen LogP contribution in [0.3, 0.4) is 0 Å². The highest BCUT2D eigenvalue weighted by atomic mass is 16.2. The van der Waals surface area contributed by atoms with Crippen molar-refractivity contribution in [3.63, 3.8) is 0 Å². The van der Waals surface area contributed by atoms with Gasteiger partial charge in [-0.25, -0.2) is 0 Å². The number of hydrogen-bond acceptors (Lipinski definition) is 3. The van der Waals surface area contributed by atoms with E-state index in [2.05, 4.69) is 17.4 Å². The number of anilines is 1. The maximum atomic E-state index is 13.6. The van der Waals surface area contributed by atoms with Crippen molar-refractivity contribution in [2.24, 2.45) is 0 Å². The molecule has 0 radical (unpaired) electrons. The lowest BCUT2D eigenvalue weighted by Crippen LogP contribution is -2.51. The van der Waals surface area contributed by atoms with Gasteiger partial charge in [-0.2, -0.15) is 0 Å². The highest BCUT2D eigenvalue weighted by Gasteiger charge is 2.32. The Hall–Kier alpha value is -3.67. The molecular weight excluding hydrogens is 474 g/mol. The maximum absolute atomic E-state index is 13.6. The second kappa shape index (κ2) is 11.8. The lowest BCUT2D eigenvalue weighted by Gasteiger charge is -2.32.